The Morgan fingerprint density at radius 3 is 2.69 bits per heavy atom. The second-order valence-electron chi connectivity index (χ2n) is 5.74. The van der Waals surface area contributed by atoms with Crippen LogP contribution >= 0.6 is 38.5 Å². The Labute approximate surface area is 189 Å². The topological polar surface area (TPSA) is 83.4 Å². The zero-order valence-electron chi connectivity index (χ0n) is 15.4. The number of nitrogens with zero attached hydrogens (tertiary/aromatic N) is 1. The highest BCUT2D eigenvalue weighted by molar-refractivity contribution is 14.1. The van der Waals surface area contributed by atoms with Crippen molar-refractivity contribution in [3.63, 3.8) is 0 Å². The van der Waals surface area contributed by atoms with Gasteiger partial charge in [0, 0.05) is 13.6 Å². The van der Waals surface area contributed by atoms with Crippen LogP contribution < -0.4 is 9.47 Å². The highest BCUT2D eigenvalue weighted by atomic mass is 127. The number of benzene rings is 2. The molecule has 0 aromatic heterocycles. The number of hydrogen-bond acceptors (Lipinski definition) is 7. The Morgan fingerprint density at radius 2 is 2.00 bits per heavy atom. The van der Waals surface area contributed by atoms with Gasteiger partial charge in [-0.1, -0.05) is 6.07 Å². The molecule has 0 radical (unpaired) electrons. The van der Waals surface area contributed by atoms with Crippen molar-refractivity contribution in [2.75, 3.05) is 20.8 Å². The van der Waals surface area contributed by atoms with Crippen molar-refractivity contribution in [2.24, 2.45) is 4.99 Å². The third-order valence-corrected chi connectivity index (χ3v) is 6.19. The molecule has 29 heavy (non-hydrogen) atoms. The lowest BCUT2D eigenvalue weighted by Crippen LogP contribution is -2.12. The molecular formula is C20H15BrINO6. The molecule has 1 heterocycles. The van der Waals surface area contributed by atoms with E-state index < -0.39 is 11.9 Å². The Bertz CT molecular complexity index is 1030. The molecule has 0 fully saturated rings. The molecule has 7 nitrogen and oxygen atoms in total. The average molecular weight is 572 g/mol. The van der Waals surface area contributed by atoms with E-state index in [0.717, 1.165) is 8.04 Å². The summed E-state index contributed by atoms with van der Waals surface area (Å²) in [6, 6.07) is 10.6. The zero-order chi connectivity index (χ0) is 21.0. The van der Waals surface area contributed by atoms with Gasteiger partial charge in [0.1, 0.15) is 0 Å². The second kappa shape index (κ2) is 9.40. The van der Waals surface area contributed by atoms with Crippen LogP contribution in [0.15, 0.2) is 51.6 Å². The van der Waals surface area contributed by atoms with E-state index in [1.165, 1.54) is 14.2 Å². The zero-order valence-corrected chi connectivity index (χ0v) is 19.1. The monoisotopic (exact) mass is 571 g/mol. The number of methoxy groups -OCH3 is 2. The Kier molecular flexibility index (Phi) is 6.91. The summed E-state index contributed by atoms with van der Waals surface area (Å²) in [5.74, 6) is -0.0265. The van der Waals surface area contributed by atoms with Crippen molar-refractivity contribution >= 4 is 62.4 Å². The van der Waals surface area contributed by atoms with Crippen molar-refractivity contribution in [1.29, 1.82) is 0 Å². The molecule has 9 heteroatoms. The lowest BCUT2D eigenvalue weighted by molar-refractivity contribution is -0.143. The van der Waals surface area contributed by atoms with E-state index in [4.69, 9.17) is 14.2 Å². The largest absolute Gasteiger partial charge is 0.493 e. The number of halogens is 2. The van der Waals surface area contributed by atoms with Crippen molar-refractivity contribution in [2.45, 2.75) is 0 Å². The lowest BCUT2D eigenvalue weighted by Gasteiger charge is -2.10. The minimum Gasteiger partial charge on any atom is -0.493 e. The predicted molar refractivity (Wildman–Crippen MR) is 118 cm³/mol. The van der Waals surface area contributed by atoms with Gasteiger partial charge in [-0.05, 0) is 80.5 Å². The standard InChI is InChI=1S/C20H15BrINO6/c1-26-17-8-11(3-6-16(17)28-10-18(24)27-2)7-15-20(25)29-19(23-15)12-4-5-14(22)13(21)9-12/h3-9H,10H2,1-2H3/b15-7-. The van der Waals surface area contributed by atoms with Crippen LogP contribution in [0.4, 0.5) is 0 Å². The molecule has 0 aliphatic carbocycles. The molecule has 0 amide bonds. The fraction of sp³-hybridized carbons (Fsp3) is 0.150. The molecule has 0 saturated carbocycles. The maximum absolute atomic E-state index is 12.2. The van der Waals surface area contributed by atoms with Gasteiger partial charge in [-0.25, -0.2) is 14.6 Å². The fourth-order valence-electron chi connectivity index (χ4n) is 2.41. The number of rotatable bonds is 6. The number of cyclic esters (lactones) is 1. The van der Waals surface area contributed by atoms with Gasteiger partial charge in [0.2, 0.25) is 5.90 Å². The molecule has 2 aromatic carbocycles. The number of hydrogen-bond donors (Lipinski definition) is 0. The average Bonchev–Trinajstić information content (AvgIpc) is 3.08. The van der Waals surface area contributed by atoms with Gasteiger partial charge in [0.15, 0.2) is 23.8 Å². The summed E-state index contributed by atoms with van der Waals surface area (Å²) in [6.45, 7) is -0.237. The van der Waals surface area contributed by atoms with Crippen molar-refractivity contribution in [1.82, 2.24) is 0 Å². The number of aliphatic imine (C=N–C) groups is 1. The summed E-state index contributed by atoms with van der Waals surface area (Å²) in [7, 11) is 2.76. The van der Waals surface area contributed by atoms with Crippen LogP contribution in [0.5, 0.6) is 11.5 Å². The third kappa shape index (κ3) is 5.15. The molecule has 150 valence electrons. The lowest BCUT2D eigenvalue weighted by atomic mass is 10.1. The van der Waals surface area contributed by atoms with E-state index in [1.54, 1.807) is 24.3 Å². The van der Waals surface area contributed by atoms with Gasteiger partial charge in [-0.2, -0.15) is 0 Å². The summed E-state index contributed by atoms with van der Waals surface area (Å²) in [6.07, 6.45) is 1.59. The first-order valence-electron chi connectivity index (χ1n) is 8.27. The minimum atomic E-state index is -0.542. The normalized spacial score (nSPS) is 14.4. The minimum absolute atomic E-state index is 0.167. The van der Waals surface area contributed by atoms with Gasteiger partial charge in [0.05, 0.1) is 14.2 Å². The molecular weight excluding hydrogens is 557 g/mol. The van der Waals surface area contributed by atoms with Crippen molar-refractivity contribution in [3.8, 4) is 11.5 Å². The van der Waals surface area contributed by atoms with Crippen LogP contribution in [-0.4, -0.2) is 38.7 Å². The van der Waals surface area contributed by atoms with E-state index >= 15 is 0 Å². The van der Waals surface area contributed by atoms with Crippen LogP contribution in [-0.2, 0) is 19.1 Å². The molecule has 1 aliphatic rings. The fourth-order valence-corrected chi connectivity index (χ4v) is 3.12. The number of carbonyl (C=O) groups is 2. The first-order valence-corrected chi connectivity index (χ1v) is 10.1. The number of ether oxygens (including phenoxy) is 4. The Morgan fingerprint density at radius 1 is 1.21 bits per heavy atom. The van der Waals surface area contributed by atoms with E-state index in [9.17, 15) is 9.59 Å². The summed E-state index contributed by atoms with van der Waals surface area (Å²) in [5, 5.41) is 0. The number of esters is 2. The molecule has 2 aromatic rings. The molecule has 0 atom stereocenters. The summed E-state index contributed by atoms with van der Waals surface area (Å²) < 4.78 is 22.4. The van der Waals surface area contributed by atoms with E-state index in [0.29, 0.717) is 22.6 Å². The molecule has 0 unspecified atom stereocenters. The highest BCUT2D eigenvalue weighted by Gasteiger charge is 2.24. The maximum atomic E-state index is 12.2. The van der Waals surface area contributed by atoms with E-state index in [1.807, 2.05) is 18.2 Å². The van der Waals surface area contributed by atoms with Crippen LogP contribution in [0, 0.1) is 3.57 Å². The van der Waals surface area contributed by atoms with Gasteiger partial charge in [-0.3, -0.25) is 0 Å². The van der Waals surface area contributed by atoms with Crippen LogP contribution in [0.2, 0.25) is 0 Å². The molecule has 1 aliphatic heterocycles. The third-order valence-electron chi connectivity index (χ3n) is 3.85. The van der Waals surface area contributed by atoms with Gasteiger partial charge < -0.3 is 18.9 Å². The number of carbonyl (C=O) groups excluding carboxylic acids is 2. The first-order chi connectivity index (χ1) is 13.9. The predicted octanol–water partition coefficient (Wildman–Crippen LogP) is 3.96. The highest BCUT2D eigenvalue weighted by Crippen LogP contribution is 2.30. The SMILES string of the molecule is COC(=O)COc1ccc(/C=C2\N=C(c3ccc(I)c(Br)c3)OC2=O)cc1OC. The summed E-state index contributed by atoms with van der Waals surface area (Å²) >= 11 is 5.65. The summed E-state index contributed by atoms with van der Waals surface area (Å²) in [4.78, 5) is 27.8. The van der Waals surface area contributed by atoms with Gasteiger partial charge in [0.25, 0.3) is 0 Å². The van der Waals surface area contributed by atoms with E-state index in [-0.39, 0.29) is 18.2 Å². The smallest absolute Gasteiger partial charge is 0.363 e. The van der Waals surface area contributed by atoms with Crippen LogP contribution in [0.25, 0.3) is 6.08 Å². The first kappa shape index (κ1) is 21.3. The van der Waals surface area contributed by atoms with E-state index in [2.05, 4.69) is 48.3 Å². The molecule has 0 spiro atoms. The van der Waals surface area contributed by atoms with Crippen LogP contribution in [0.3, 0.4) is 0 Å². The van der Waals surface area contributed by atoms with Crippen molar-refractivity contribution < 1.29 is 28.5 Å². The molecule has 0 bridgehead atoms. The Balaban J connectivity index is 1.85. The molecule has 0 saturated heterocycles. The van der Waals surface area contributed by atoms with Gasteiger partial charge >= 0.3 is 11.9 Å². The van der Waals surface area contributed by atoms with Crippen molar-refractivity contribution in [3.05, 3.63) is 61.3 Å². The quantitative estimate of drug-likeness (QED) is 0.296. The second-order valence-corrected chi connectivity index (χ2v) is 7.76. The Hall–Kier alpha value is -2.40. The molecule has 3 rings (SSSR count). The van der Waals surface area contributed by atoms with Crippen LogP contribution in [0.1, 0.15) is 11.1 Å². The summed E-state index contributed by atoms with van der Waals surface area (Å²) in [5.41, 5.74) is 1.52. The molecule has 0 N–H and O–H groups in total. The maximum Gasteiger partial charge on any atom is 0.363 e. The van der Waals surface area contributed by atoms with Gasteiger partial charge in [-0.15, -0.1) is 0 Å².